The van der Waals surface area contributed by atoms with Crippen molar-refractivity contribution in [2.45, 2.75) is 0 Å². The van der Waals surface area contributed by atoms with Gasteiger partial charge in [-0.15, -0.1) is 0 Å². The molecule has 3 aromatic carbocycles. The first-order valence-electron chi connectivity index (χ1n) is 6.70. The molecule has 0 aliphatic heterocycles. The number of hydrogen-bond donors (Lipinski definition) is 0. The lowest BCUT2D eigenvalue weighted by Crippen LogP contribution is -2.00. The van der Waals surface area contributed by atoms with Crippen molar-refractivity contribution in [3.05, 3.63) is 94.5 Å². The summed E-state index contributed by atoms with van der Waals surface area (Å²) in [5.41, 5.74) is 3.67. The minimum Gasteiger partial charge on any atom is -0.289 e. The fourth-order valence-electron chi connectivity index (χ4n) is 2.21. The van der Waals surface area contributed by atoms with Crippen molar-refractivity contribution in [1.29, 1.82) is 0 Å². The van der Waals surface area contributed by atoms with Crippen LogP contribution in [0.2, 0.25) is 0 Å². The van der Waals surface area contributed by atoms with Crippen molar-refractivity contribution >= 4 is 21.7 Å². The Hall–Kier alpha value is -2.19. The zero-order valence-corrected chi connectivity index (χ0v) is 12.9. The first-order valence-corrected chi connectivity index (χ1v) is 7.49. The molecule has 0 amide bonds. The molecular weight excluding hydrogens is 324 g/mol. The topological polar surface area (TPSA) is 17.1 Å². The van der Waals surface area contributed by atoms with Gasteiger partial charge in [-0.25, -0.2) is 0 Å². The second-order valence-corrected chi connectivity index (χ2v) is 5.70. The van der Waals surface area contributed by atoms with Crippen LogP contribution >= 0.6 is 15.9 Å². The summed E-state index contributed by atoms with van der Waals surface area (Å²) in [5, 5.41) is 0. The molecule has 0 unspecified atom stereocenters. The van der Waals surface area contributed by atoms with Crippen LogP contribution in [0.3, 0.4) is 0 Å². The van der Waals surface area contributed by atoms with Gasteiger partial charge in [0.05, 0.1) is 0 Å². The van der Waals surface area contributed by atoms with Crippen molar-refractivity contribution < 1.29 is 4.79 Å². The van der Waals surface area contributed by atoms with Gasteiger partial charge in [-0.1, -0.05) is 82.7 Å². The van der Waals surface area contributed by atoms with Crippen LogP contribution < -0.4 is 0 Å². The Balaban J connectivity index is 1.87. The largest absolute Gasteiger partial charge is 0.289 e. The molecule has 1 nitrogen and oxygen atoms in total. The van der Waals surface area contributed by atoms with Gasteiger partial charge in [-0.2, -0.15) is 0 Å². The third-order valence-electron chi connectivity index (χ3n) is 3.36. The lowest BCUT2D eigenvalue weighted by molar-refractivity contribution is 0.103. The Morgan fingerprint density at radius 2 is 1.10 bits per heavy atom. The number of hydrogen-bond acceptors (Lipinski definition) is 1. The predicted molar refractivity (Wildman–Crippen MR) is 89.5 cm³/mol. The first-order chi connectivity index (χ1) is 10.2. The Morgan fingerprint density at radius 1 is 0.619 bits per heavy atom. The maximum absolute atomic E-state index is 12.3. The van der Waals surface area contributed by atoms with E-state index in [1.54, 1.807) is 0 Å². The van der Waals surface area contributed by atoms with Gasteiger partial charge in [-0.3, -0.25) is 4.79 Å². The highest BCUT2D eigenvalue weighted by Crippen LogP contribution is 2.22. The Morgan fingerprint density at radius 3 is 1.67 bits per heavy atom. The Labute approximate surface area is 132 Å². The van der Waals surface area contributed by atoms with Crippen molar-refractivity contribution in [3.63, 3.8) is 0 Å². The average molecular weight is 337 g/mol. The van der Waals surface area contributed by atoms with E-state index in [9.17, 15) is 4.79 Å². The maximum atomic E-state index is 12.3. The summed E-state index contributed by atoms with van der Waals surface area (Å²) in [4.78, 5) is 12.3. The summed E-state index contributed by atoms with van der Waals surface area (Å²) in [7, 11) is 0. The zero-order valence-electron chi connectivity index (χ0n) is 11.3. The molecule has 0 fully saturated rings. The molecule has 102 valence electrons. The molecule has 0 spiro atoms. The second kappa shape index (κ2) is 6.06. The van der Waals surface area contributed by atoms with Crippen LogP contribution in [0.4, 0.5) is 0 Å². The monoisotopic (exact) mass is 336 g/mol. The minimum absolute atomic E-state index is 0.0537. The quantitative estimate of drug-likeness (QED) is 0.589. The molecule has 3 rings (SSSR count). The van der Waals surface area contributed by atoms with Crippen molar-refractivity contribution in [1.82, 2.24) is 0 Å². The summed E-state index contributed by atoms with van der Waals surface area (Å²) in [6.45, 7) is 0. The highest BCUT2D eigenvalue weighted by Gasteiger charge is 2.08. The number of rotatable bonds is 3. The maximum Gasteiger partial charge on any atom is 0.193 e. The van der Waals surface area contributed by atoms with Crippen molar-refractivity contribution in [3.8, 4) is 11.1 Å². The summed E-state index contributed by atoms with van der Waals surface area (Å²) in [6.07, 6.45) is 0. The standard InChI is InChI=1S/C19H13BrO/c20-18-12-10-15(11-13-18)14-6-8-17(9-7-14)19(21)16-4-2-1-3-5-16/h1-13H. The molecule has 0 bridgehead atoms. The van der Waals surface area contributed by atoms with Gasteiger partial charge >= 0.3 is 0 Å². The fourth-order valence-corrected chi connectivity index (χ4v) is 2.48. The van der Waals surface area contributed by atoms with E-state index in [2.05, 4.69) is 28.1 Å². The van der Waals surface area contributed by atoms with E-state index in [0.717, 1.165) is 15.6 Å². The van der Waals surface area contributed by atoms with Gasteiger partial charge in [0.2, 0.25) is 0 Å². The summed E-state index contributed by atoms with van der Waals surface area (Å²) >= 11 is 3.43. The molecule has 0 aliphatic carbocycles. The summed E-state index contributed by atoms with van der Waals surface area (Å²) in [6, 6.07) is 25.2. The molecule has 0 heterocycles. The molecule has 0 saturated carbocycles. The summed E-state index contributed by atoms with van der Waals surface area (Å²) < 4.78 is 1.06. The van der Waals surface area contributed by atoms with Crippen LogP contribution in [0.15, 0.2) is 83.3 Å². The van der Waals surface area contributed by atoms with Gasteiger partial charge in [0, 0.05) is 15.6 Å². The molecule has 2 heteroatoms. The lowest BCUT2D eigenvalue weighted by atomic mass is 9.99. The third-order valence-corrected chi connectivity index (χ3v) is 3.89. The van der Waals surface area contributed by atoms with E-state index in [0.29, 0.717) is 11.1 Å². The number of halogens is 1. The highest BCUT2D eigenvalue weighted by molar-refractivity contribution is 9.10. The fraction of sp³-hybridized carbons (Fsp3) is 0. The van der Waals surface area contributed by atoms with E-state index < -0.39 is 0 Å². The highest BCUT2D eigenvalue weighted by atomic mass is 79.9. The molecule has 0 atom stereocenters. The van der Waals surface area contributed by atoms with E-state index in [1.165, 1.54) is 0 Å². The Bertz CT molecular complexity index is 744. The number of benzene rings is 3. The lowest BCUT2D eigenvalue weighted by Gasteiger charge is -2.05. The minimum atomic E-state index is 0.0537. The number of ketones is 1. The second-order valence-electron chi connectivity index (χ2n) is 4.78. The van der Waals surface area contributed by atoms with Crippen LogP contribution in [0.25, 0.3) is 11.1 Å². The van der Waals surface area contributed by atoms with E-state index in [1.807, 2.05) is 66.7 Å². The zero-order chi connectivity index (χ0) is 14.7. The SMILES string of the molecule is O=C(c1ccccc1)c1ccc(-c2ccc(Br)cc2)cc1. The normalized spacial score (nSPS) is 10.3. The molecular formula is C19H13BrO. The number of carbonyl (C=O) groups is 1. The molecule has 21 heavy (non-hydrogen) atoms. The van der Waals surface area contributed by atoms with Gasteiger partial charge in [0.1, 0.15) is 0 Å². The smallest absolute Gasteiger partial charge is 0.193 e. The van der Waals surface area contributed by atoms with E-state index in [-0.39, 0.29) is 5.78 Å². The molecule has 0 saturated heterocycles. The van der Waals surface area contributed by atoms with Gasteiger partial charge in [0.25, 0.3) is 0 Å². The average Bonchev–Trinajstić information content (AvgIpc) is 2.56. The molecule has 0 aromatic heterocycles. The van der Waals surface area contributed by atoms with Crippen LogP contribution in [0.1, 0.15) is 15.9 Å². The van der Waals surface area contributed by atoms with Crippen LogP contribution in [0.5, 0.6) is 0 Å². The van der Waals surface area contributed by atoms with Gasteiger partial charge in [-0.05, 0) is 23.3 Å². The van der Waals surface area contributed by atoms with E-state index >= 15 is 0 Å². The predicted octanol–water partition coefficient (Wildman–Crippen LogP) is 5.35. The van der Waals surface area contributed by atoms with Gasteiger partial charge in [0.15, 0.2) is 5.78 Å². The van der Waals surface area contributed by atoms with Crippen LogP contribution in [-0.4, -0.2) is 5.78 Å². The van der Waals surface area contributed by atoms with Crippen molar-refractivity contribution in [2.75, 3.05) is 0 Å². The molecule has 3 aromatic rings. The molecule has 0 N–H and O–H groups in total. The third kappa shape index (κ3) is 3.11. The molecule has 0 aliphatic rings. The first kappa shape index (κ1) is 13.8. The number of carbonyl (C=O) groups excluding carboxylic acids is 1. The summed E-state index contributed by atoms with van der Waals surface area (Å²) in [5.74, 6) is 0.0537. The molecule has 0 radical (unpaired) electrons. The van der Waals surface area contributed by atoms with Gasteiger partial charge < -0.3 is 0 Å². The van der Waals surface area contributed by atoms with Crippen LogP contribution in [0, 0.1) is 0 Å². The van der Waals surface area contributed by atoms with Crippen LogP contribution in [-0.2, 0) is 0 Å². The van der Waals surface area contributed by atoms with Crippen molar-refractivity contribution in [2.24, 2.45) is 0 Å². The van der Waals surface area contributed by atoms with E-state index in [4.69, 9.17) is 0 Å². The Kier molecular flexibility index (Phi) is 3.98.